The van der Waals surface area contributed by atoms with Crippen LogP contribution < -0.4 is 14.8 Å². The van der Waals surface area contributed by atoms with E-state index in [-0.39, 0.29) is 0 Å². The Morgan fingerprint density at radius 3 is 2.74 bits per heavy atom. The molecule has 3 nitrogen and oxygen atoms in total. The predicted molar refractivity (Wildman–Crippen MR) is 80.1 cm³/mol. The zero-order valence-electron chi connectivity index (χ0n) is 11.7. The number of nitrogens with one attached hydrogen (secondary N) is 1. The molecule has 1 aromatic carbocycles. The van der Waals surface area contributed by atoms with E-state index >= 15 is 0 Å². The fraction of sp³-hybridized carbons (Fsp3) is 0.375. The number of allylic oxidation sites excluding steroid dienone is 1. The van der Waals surface area contributed by atoms with Gasteiger partial charge in [0.05, 0.1) is 6.61 Å². The fourth-order valence-electron chi connectivity index (χ4n) is 1.71. The summed E-state index contributed by atoms with van der Waals surface area (Å²) in [6.07, 6.45) is 4.48. The second kappa shape index (κ2) is 9.22. The average molecular weight is 261 g/mol. The van der Waals surface area contributed by atoms with Gasteiger partial charge in [0.2, 0.25) is 0 Å². The van der Waals surface area contributed by atoms with Gasteiger partial charge in [-0.25, -0.2) is 0 Å². The molecular formula is C16H23NO2. The Labute approximate surface area is 115 Å². The van der Waals surface area contributed by atoms with Crippen LogP contribution in [-0.4, -0.2) is 26.3 Å². The highest BCUT2D eigenvalue weighted by Gasteiger charge is 2.04. The lowest BCUT2D eigenvalue weighted by Gasteiger charge is -2.12. The Bertz CT molecular complexity index is 402. The molecule has 0 heterocycles. The summed E-state index contributed by atoms with van der Waals surface area (Å²) >= 11 is 0. The standard InChI is InChI=1S/C16H23NO2/c1-4-7-14-13-15(18-6-3)8-9-16(14)19-12-11-17-10-5-2/h4-5,8-9,13,17H,1-2,6-7,10-12H2,3H3. The summed E-state index contributed by atoms with van der Waals surface area (Å²) in [5, 5.41) is 3.20. The molecule has 1 rings (SSSR count). The number of benzene rings is 1. The smallest absolute Gasteiger partial charge is 0.123 e. The van der Waals surface area contributed by atoms with Crippen LogP contribution in [0.25, 0.3) is 0 Å². The van der Waals surface area contributed by atoms with Crippen LogP contribution in [0.5, 0.6) is 11.5 Å². The minimum absolute atomic E-state index is 0.631. The maximum Gasteiger partial charge on any atom is 0.123 e. The van der Waals surface area contributed by atoms with Gasteiger partial charge in [-0.15, -0.1) is 13.2 Å². The van der Waals surface area contributed by atoms with Crippen LogP contribution in [-0.2, 0) is 6.42 Å². The first-order chi connectivity index (χ1) is 9.31. The normalized spacial score (nSPS) is 9.95. The molecule has 1 N–H and O–H groups in total. The fourth-order valence-corrected chi connectivity index (χ4v) is 1.71. The summed E-state index contributed by atoms with van der Waals surface area (Å²) in [5.41, 5.74) is 1.10. The molecule has 0 saturated carbocycles. The number of ether oxygens (including phenoxy) is 2. The molecule has 0 saturated heterocycles. The highest BCUT2D eigenvalue weighted by molar-refractivity contribution is 5.41. The largest absolute Gasteiger partial charge is 0.494 e. The third-order valence-electron chi connectivity index (χ3n) is 2.53. The van der Waals surface area contributed by atoms with Gasteiger partial charge in [0.15, 0.2) is 0 Å². The summed E-state index contributed by atoms with van der Waals surface area (Å²) in [5.74, 6) is 1.76. The van der Waals surface area contributed by atoms with Gasteiger partial charge in [0.1, 0.15) is 18.1 Å². The summed E-state index contributed by atoms with van der Waals surface area (Å²) in [6, 6.07) is 5.90. The lowest BCUT2D eigenvalue weighted by Crippen LogP contribution is -2.21. The second-order valence-corrected chi connectivity index (χ2v) is 4.04. The Hall–Kier alpha value is -1.74. The van der Waals surface area contributed by atoms with Crippen LogP contribution in [0, 0.1) is 0 Å². The van der Waals surface area contributed by atoms with E-state index in [1.165, 1.54) is 0 Å². The molecule has 0 bridgehead atoms. The van der Waals surface area contributed by atoms with E-state index in [1.54, 1.807) is 0 Å². The van der Waals surface area contributed by atoms with E-state index in [9.17, 15) is 0 Å². The summed E-state index contributed by atoms with van der Waals surface area (Å²) < 4.78 is 11.3. The second-order valence-electron chi connectivity index (χ2n) is 4.04. The Morgan fingerprint density at radius 1 is 1.21 bits per heavy atom. The zero-order valence-corrected chi connectivity index (χ0v) is 11.7. The van der Waals surface area contributed by atoms with Crippen molar-refractivity contribution in [3.63, 3.8) is 0 Å². The molecule has 0 fully saturated rings. The van der Waals surface area contributed by atoms with Gasteiger partial charge >= 0.3 is 0 Å². The van der Waals surface area contributed by atoms with Gasteiger partial charge in [-0.2, -0.15) is 0 Å². The van der Waals surface area contributed by atoms with E-state index in [1.807, 2.05) is 37.3 Å². The molecule has 0 spiro atoms. The van der Waals surface area contributed by atoms with Crippen LogP contribution >= 0.6 is 0 Å². The molecule has 0 aliphatic heterocycles. The lowest BCUT2D eigenvalue weighted by molar-refractivity contribution is 0.310. The van der Waals surface area contributed by atoms with Crippen molar-refractivity contribution in [2.75, 3.05) is 26.3 Å². The van der Waals surface area contributed by atoms with Gasteiger partial charge in [-0.05, 0) is 31.5 Å². The molecule has 1 aromatic rings. The van der Waals surface area contributed by atoms with E-state index in [4.69, 9.17) is 9.47 Å². The molecule has 0 aliphatic carbocycles. The first kappa shape index (κ1) is 15.3. The highest BCUT2D eigenvalue weighted by atomic mass is 16.5. The third-order valence-corrected chi connectivity index (χ3v) is 2.53. The zero-order chi connectivity index (χ0) is 13.9. The molecule has 0 aliphatic rings. The average Bonchev–Trinajstić information content (AvgIpc) is 2.41. The van der Waals surface area contributed by atoms with Crippen LogP contribution in [0.3, 0.4) is 0 Å². The van der Waals surface area contributed by atoms with Crippen LogP contribution in [0.2, 0.25) is 0 Å². The summed E-state index contributed by atoms with van der Waals surface area (Å²) in [6.45, 7) is 12.3. The molecule has 0 radical (unpaired) electrons. The van der Waals surface area contributed by atoms with Gasteiger partial charge < -0.3 is 14.8 Å². The molecule has 3 heteroatoms. The topological polar surface area (TPSA) is 30.5 Å². The SMILES string of the molecule is C=CCNCCOc1ccc(OCC)cc1CC=C. The van der Waals surface area contributed by atoms with Crippen LogP contribution in [0.15, 0.2) is 43.5 Å². The third kappa shape index (κ3) is 5.62. The number of rotatable bonds is 10. The van der Waals surface area contributed by atoms with E-state index in [0.717, 1.165) is 36.6 Å². The van der Waals surface area contributed by atoms with Crippen molar-refractivity contribution in [2.24, 2.45) is 0 Å². The molecule has 19 heavy (non-hydrogen) atoms. The highest BCUT2D eigenvalue weighted by Crippen LogP contribution is 2.25. The quantitative estimate of drug-likeness (QED) is 0.519. The van der Waals surface area contributed by atoms with Gasteiger partial charge in [-0.3, -0.25) is 0 Å². The molecule has 0 unspecified atom stereocenters. The Kier molecular flexibility index (Phi) is 7.44. The first-order valence-corrected chi connectivity index (χ1v) is 6.62. The van der Waals surface area contributed by atoms with Crippen molar-refractivity contribution in [2.45, 2.75) is 13.3 Å². The van der Waals surface area contributed by atoms with E-state index in [0.29, 0.717) is 13.2 Å². The number of hydrogen-bond acceptors (Lipinski definition) is 3. The minimum atomic E-state index is 0.631. The van der Waals surface area contributed by atoms with Crippen molar-refractivity contribution < 1.29 is 9.47 Å². The van der Waals surface area contributed by atoms with Crippen LogP contribution in [0.1, 0.15) is 12.5 Å². The Morgan fingerprint density at radius 2 is 2.05 bits per heavy atom. The van der Waals surface area contributed by atoms with E-state index in [2.05, 4.69) is 18.5 Å². The molecule has 0 atom stereocenters. The van der Waals surface area contributed by atoms with Crippen LogP contribution in [0.4, 0.5) is 0 Å². The minimum Gasteiger partial charge on any atom is -0.494 e. The van der Waals surface area contributed by atoms with Crippen molar-refractivity contribution >= 4 is 0 Å². The maximum atomic E-state index is 5.77. The molecule has 0 amide bonds. The van der Waals surface area contributed by atoms with Crippen molar-refractivity contribution in [3.8, 4) is 11.5 Å². The lowest BCUT2D eigenvalue weighted by atomic mass is 10.1. The van der Waals surface area contributed by atoms with Crippen molar-refractivity contribution in [1.82, 2.24) is 5.32 Å². The maximum absolute atomic E-state index is 5.77. The number of hydrogen-bond donors (Lipinski definition) is 1. The van der Waals surface area contributed by atoms with Gasteiger partial charge in [0, 0.05) is 18.7 Å². The molecule has 104 valence electrons. The Balaban J connectivity index is 2.59. The predicted octanol–water partition coefficient (Wildman–Crippen LogP) is 2.97. The van der Waals surface area contributed by atoms with Crippen molar-refractivity contribution in [3.05, 3.63) is 49.1 Å². The summed E-state index contributed by atoms with van der Waals surface area (Å²) in [4.78, 5) is 0. The van der Waals surface area contributed by atoms with Crippen molar-refractivity contribution in [1.29, 1.82) is 0 Å². The monoisotopic (exact) mass is 261 g/mol. The van der Waals surface area contributed by atoms with E-state index < -0.39 is 0 Å². The first-order valence-electron chi connectivity index (χ1n) is 6.62. The molecular weight excluding hydrogens is 238 g/mol. The van der Waals surface area contributed by atoms with Gasteiger partial charge in [-0.1, -0.05) is 12.2 Å². The summed E-state index contributed by atoms with van der Waals surface area (Å²) in [7, 11) is 0. The van der Waals surface area contributed by atoms with Gasteiger partial charge in [0.25, 0.3) is 0 Å². The molecule has 0 aromatic heterocycles.